The average Bonchev–Trinajstić information content (AvgIpc) is 3.35. The summed E-state index contributed by atoms with van der Waals surface area (Å²) in [5.41, 5.74) is -1.22. The maximum Gasteiger partial charge on any atom is 0.246 e. The molecule has 5 rings (SSSR count). The fourth-order valence-corrected chi connectivity index (χ4v) is 7.19. The highest BCUT2D eigenvalue weighted by Gasteiger charge is 2.79. The molecule has 3 amide bonds. The zero-order chi connectivity index (χ0) is 24.8. The molecular formula is C27H37N3O5. The standard InChI is InChI=1S/C27H37N3O5/c1-17-16-27-21(20(26(17,2)35-27)23(32)28-18-10-5-3-6-11-18)25(34)30(14-9-15-31)22(27)24(33)29-19-12-7-4-8-13-19/h3,5-6,10-11,17,19-22,31H,4,7-9,12-16H2,1-2H3,(H,28,32)(H,29,33)/t17?,20-,21+,22?,26+,27?/m1/s1. The van der Waals surface area contributed by atoms with Crippen LogP contribution in [0.3, 0.4) is 0 Å². The maximum atomic E-state index is 13.9. The van der Waals surface area contributed by atoms with Crippen LogP contribution in [0.1, 0.15) is 58.8 Å². The predicted molar refractivity (Wildman–Crippen MR) is 130 cm³/mol. The molecule has 0 aromatic heterocycles. The van der Waals surface area contributed by atoms with Crippen molar-refractivity contribution in [3.05, 3.63) is 30.3 Å². The summed E-state index contributed by atoms with van der Waals surface area (Å²) in [6, 6.07) is 8.51. The van der Waals surface area contributed by atoms with E-state index in [9.17, 15) is 19.5 Å². The number of ether oxygens (including phenoxy) is 1. The number of hydrogen-bond acceptors (Lipinski definition) is 5. The molecule has 6 atom stereocenters. The third-order valence-electron chi connectivity index (χ3n) is 8.90. The second-order valence-electron chi connectivity index (χ2n) is 11.0. The Morgan fingerprint density at radius 1 is 1.14 bits per heavy atom. The lowest BCUT2D eigenvalue weighted by atomic mass is 9.62. The number of aliphatic hydroxyl groups is 1. The van der Waals surface area contributed by atoms with Crippen LogP contribution in [0.5, 0.6) is 0 Å². The van der Waals surface area contributed by atoms with E-state index in [1.54, 1.807) is 4.90 Å². The topological polar surface area (TPSA) is 108 Å². The number of carbonyl (C=O) groups excluding carboxylic acids is 3. The number of nitrogens with one attached hydrogen (secondary N) is 2. The van der Waals surface area contributed by atoms with Crippen LogP contribution < -0.4 is 10.6 Å². The monoisotopic (exact) mass is 483 g/mol. The Balaban J connectivity index is 1.49. The number of aliphatic hydroxyl groups excluding tert-OH is 1. The molecule has 35 heavy (non-hydrogen) atoms. The van der Waals surface area contributed by atoms with Crippen LogP contribution in [0.2, 0.25) is 0 Å². The number of amides is 3. The molecule has 1 aromatic rings. The van der Waals surface area contributed by atoms with Crippen molar-refractivity contribution in [2.24, 2.45) is 17.8 Å². The lowest BCUT2D eigenvalue weighted by Crippen LogP contribution is -2.57. The molecule has 0 radical (unpaired) electrons. The maximum absolute atomic E-state index is 13.9. The number of likely N-dealkylation sites (tertiary alicyclic amines) is 1. The fraction of sp³-hybridized carbons (Fsp3) is 0.667. The molecule has 3 saturated heterocycles. The summed E-state index contributed by atoms with van der Waals surface area (Å²) < 4.78 is 6.71. The van der Waals surface area contributed by atoms with E-state index in [2.05, 4.69) is 10.6 Å². The van der Waals surface area contributed by atoms with Gasteiger partial charge in [0.15, 0.2) is 0 Å². The number of para-hydroxylation sites is 1. The summed E-state index contributed by atoms with van der Waals surface area (Å²) in [5, 5.41) is 15.7. The fourth-order valence-electron chi connectivity index (χ4n) is 7.19. The van der Waals surface area contributed by atoms with Crippen molar-refractivity contribution in [1.29, 1.82) is 0 Å². The third-order valence-corrected chi connectivity index (χ3v) is 8.90. The van der Waals surface area contributed by atoms with Gasteiger partial charge < -0.3 is 25.4 Å². The Bertz CT molecular complexity index is 980. The zero-order valence-electron chi connectivity index (χ0n) is 20.7. The van der Waals surface area contributed by atoms with Crippen LogP contribution in [0.4, 0.5) is 5.69 Å². The van der Waals surface area contributed by atoms with E-state index in [4.69, 9.17) is 4.74 Å². The van der Waals surface area contributed by atoms with Gasteiger partial charge in [-0.2, -0.15) is 0 Å². The molecule has 190 valence electrons. The van der Waals surface area contributed by atoms with Gasteiger partial charge in [-0.05, 0) is 50.7 Å². The van der Waals surface area contributed by atoms with E-state index in [0.29, 0.717) is 18.5 Å². The van der Waals surface area contributed by atoms with Crippen molar-refractivity contribution in [3.63, 3.8) is 0 Å². The minimum atomic E-state index is -1.04. The van der Waals surface area contributed by atoms with Gasteiger partial charge in [0, 0.05) is 24.9 Å². The first kappa shape index (κ1) is 24.3. The van der Waals surface area contributed by atoms with Crippen LogP contribution in [0, 0.1) is 17.8 Å². The number of benzene rings is 1. The van der Waals surface area contributed by atoms with Crippen molar-refractivity contribution in [2.45, 2.75) is 82.1 Å². The van der Waals surface area contributed by atoms with Crippen molar-refractivity contribution in [3.8, 4) is 0 Å². The van der Waals surface area contributed by atoms with Gasteiger partial charge >= 0.3 is 0 Å². The third kappa shape index (κ3) is 3.85. The molecule has 1 aromatic carbocycles. The van der Waals surface area contributed by atoms with Crippen molar-refractivity contribution in [2.75, 3.05) is 18.5 Å². The summed E-state index contributed by atoms with van der Waals surface area (Å²) in [4.78, 5) is 42.9. The number of anilines is 1. The second-order valence-corrected chi connectivity index (χ2v) is 11.0. The first-order valence-corrected chi connectivity index (χ1v) is 13.1. The summed E-state index contributed by atoms with van der Waals surface area (Å²) >= 11 is 0. The first-order valence-electron chi connectivity index (χ1n) is 13.1. The Hall–Kier alpha value is -2.45. The second kappa shape index (κ2) is 9.21. The van der Waals surface area contributed by atoms with E-state index in [0.717, 1.165) is 25.7 Å². The lowest BCUT2D eigenvalue weighted by Gasteiger charge is -2.36. The highest BCUT2D eigenvalue weighted by molar-refractivity contribution is 6.02. The van der Waals surface area contributed by atoms with E-state index in [-0.39, 0.29) is 42.8 Å². The van der Waals surface area contributed by atoms with E-state index < -0.39 is 29.1 Å². The van der Waals surface area contributed by atoms with Gasteiger partial charge in [-0.15, -0.1) is 0 Å². The van der Waals surface area contributed by atoms with Gasteiger partial charge in [-0.25, -0.2) is 0 Å². The molecule has 3 N–H and O–H groups in total. The Kier molecular flexibility index (Phi) is 6.38. The smallest absolute Gasteiger partial charge is 0.246 e. The molecule has 1 spiro atoms. The highest BCUT2D eigenvalue weighted by Crippen LogP contribution is 2.65. The minimum Gasteiger partial charge on any atom is -0.396 e. The first-order chi connectivity index (χ1) is 16.8. The normalized spacial score (nSPS) is 36.3. The summed E-state index contributed by atoms with van der Waals surface area (Å²) in [6.45, 7) is 4.15. The average molecular weight is 484 g/mol. The predicted octanol–water partition coefficient (Wildman–Crippen LogP) is 2.47. The molecule has 1 saturated carbocycles. The summed E-state index contributed by atoms with van der Waals surface area (Å²) in [7, 11) is 0. The van der Waals surface area contributed by atoms with Crippen LogP contribution in [0.25, 0.3) is 0 Å². The Morgan fingerprint density at radius 2 is 1.86 bits per heavy atom. The van der Waals surface area contributed by atoms with Crippen LogP contribution >= 0.6 is 0 Å². The van der Waals surface area contributed by atoms with Crippen LogP contribution in [0.15, 0.2) is 30.3 Å². The molecule has 1 aliphatic carbocycles. The largest absolute Gasteiger partial charge is 0.396 e. The SMILES string of the molecule is CC1CC23O[C@]1(C)[C@@H](C(=O)Nc1ccccc1)[C@H]2C(=O)N(CCCO)C3C(=O)NC1CCCCC1. The quantitative estimate of drug-likeness (QED) is 0.552. The minimum absolute atomic E-state index is 0.000783. The number of rotatable bonds is 7. The van der Waals surface area contributed by atoms with Gasteiger partial charge in [0.05, 0.1) is 17.4 Å². The Morgan fingerprint density at radius 3 is 2.54 bits per heavy atom. The van der Waals surface area contributed by atoms with Crippen molar-refractivity contribution < 1.29 is 24.2 Å². The molecule has 4 fully saturated rings. The highest BCUT2D eigenvalue weighted by atomic mass is 16.5. The lowest BCUT2D eigenvalue weighted by molar-refractivity contribution is -0.146. The molecule has 2 bridgehead atoms. The van der Waals surface area contributed by atoms with Gasteiger partial charge in [0.25, 0.3) is 0 Å². The number of nitrogens with zero attached hydrogens (tertiary/aromatic N) is 1. The van der Waals surface area contributed by atoms with Gasteiger partial charge in [-0.1, -0.05) is 44.4 Å². The molecule has 8 nitrogen and oxygen atoms in total. The molecule has 3 unspecified atom stereocenters. The number of fused-ring (bicyclic) bond motifs is 1. The van der Waals surface area contributed by atoms with Gasteiger partial charge in [0.2, 0.25) is 17.7 Å². The van der Waals surface area contributed by atoms with E-state index >= 15 is 0 Å². The molecule has 4 aliphatic rings. The van der Waals surface area contributed by atoms with E-state index in [1.165, 1.54) is 6.42 Å². The summed E-state index contributed by atoms with van der Waals surface area (Å²) in [6.07, 6.45) is 6.16. The van der Waals surface area contributed by atoms with Crippen LogP contribution in [-0.2, 0) is 19.1 Å². The number of carbonyl (C=O) groups is 3. The summed E-state index contributed by atoms with van der Waals surface area (Å²) in [5.74, 6) is -2.09. The molecule has 8 heteroatoms. The van der Waals surface area contributed by atoms with Crippen molar-refractivity contribution >= 4 is 23.4 Å². The molecule has 3 heterocycles. The van der Waals surface area contributed by atoms with Crippen molar-refractivity contribution in [1.82, 2.24) is 10.2 Å². The zero-order valence-corrected chi connectivity index (χ0v) is 20.7. The van der Waals surface area contributed by atoms with Gasteiger partial charge in [0.1, 0.15) is 11.6 Å². The molecular weight excluding hydrogens is 446 g/mol. The molecule has 3 aliphatic heterocycles. The number of hydrogen-bond donors (Lipinski definition) is 3. The van der Waals surface area contributed by atoms with E-state index in [1.807, 2.05) is 44.2 Å². The Labute approximate surface area is 206 Å². The van der Waals surface area contributed by atoms with Gasteiger partial charge in [-0.3, -0.25) is 14.4 Å². The van der Waals surface area contributed by atoms with Crippen LogP contribution in [-0.4, -0.2) is 64.2 Å².